The maximum Gasteiger partial charge on any atom is 0.293 e. The Morgan fingerprint density at radius 3 is 2.28 bits per heavy atom. The topological polar surface area (TPSA) is 47.8 Å². The quantitative estimate of drug-likeness (QED) is 0.172. The third-order valence-corrected chi connectivity index (χ3v) is 6.18. The molecule has 0 saturated heterocycles. The fourth-order valence-electron chi connectivity index (χ4n) is 4.63. The van der Waals surface area contributed by atoms with Crippen molar-refractivity contribution in [2.75, 3.05) is 0 Å². The Bertz CT molecular complexity index is 1070. The van der Waals surface area contributed by atoms with Gasteiger partial charge in [-0.05, 0) is 53.6 Å². The SMILES string of the molecule is CCCC(CCC)Cc1c(CC)c(C(=O)C(=O)Cl)c2c(OCc3ccccc3)cccn12. The summed E-state index contributed by atoms with van der Waals surface area (Å²) < 4.78 is 8.21. The molecule has 0 aliphatic rings. The van der Waals surface area contributed by atoms with Gasteiger partial charge in [0, 0.05) is 11.9 Å². The van der Waals surface area contributed by atoms with Crippen molar-refractivity contribution < 1.29 is 14.3 Å². The standard InChI is InChI=1S/C27H32ClNO3/c1-4-11-19(12-5-2)17-22-21(6-3)24(26(30)27(28)31)25-23(15-10-16-29(22)25)32-18-20-13-8-7-9-14-20/h7-10,13-16,19H,4-6,11-12,17-18H2,1-3H3. The maximum absolute atomic E-state index is 13.0. The zero-order valence-electron chi connectivity index (χ0n) is 19.2. The normalized spacial score (nSPS) is 11.3. The van der Waals surface area contributed by atoms with Crippen molar-refractivity contribution in [1.29, 1.82) is 0 Å². The molecule has 0 spiro atoms. The summed E-state index contributed by atoms with van der Waals surface area (Å²) in [7, 11) is 0. The highest BCUT2D eigenvalue weighted by atomic mass is 35.5. The second-order valence-electron chi connectivity index (χ2n) is 8.27. The molecular formula is C27H32ClNO3. The fraction of sp³-hybridized carbons (Fsp3) is 0.407. The van der Waals surface area contributed by atoms with Gasteiger partial charge in [0.25, 0.3) is 5.24 Å². The molecule has 0 bridgehead atoms. The highest BCUT2D eigenvalue weighted by Crippen LogP contribution is 2.35. The number of rotatable bonds is 12. The molecule has 1 aromatic carbocycles. The third-order valence-electron chi connectivity index (χ3n) is 6.01. The molecule has 0 N–H and O–H groups in total. The molecule has 0 atom stereocenters. The van der Waals surface area contributed by atoms with E-state index in [1.165, 1.54) is 0 Å². The van der Waals surface area contributed by atoms with E-state index in [0.29, 0.717) is 35.8 Å². The number of aromatic nitrogens is 1. The summed E-state index contributed by atoms with van der Waals surface area (Å²) in [6.45, 7) is 6.80. The van der Waals surface area contributed by atoms with Crippen molar-refractivity contribution in [2.24, 2.45) is 5.92 Å². The number of halogens is 1. The predicted molar refractivity (Wildman–Crippen MR) is 130 cm³/mol. The molecule has 32 heavy (non-hydrogen) atoms. The van der Waals surface area contributed by atoms with E-state index in [0.717, 1.165) is 48.9 Å². The van der Waals surface area contributed by atoms with Gasteiger partial charge in [0.2, 0.25) is 5.78 Å². The number of hydrogen-bond acceptors (Lipinski definition) is 3. The first-order valence-corrected chi connectivity index (χ1v) is 11.9. The van der Waals surface area contributed by atoms with E-state index in [9.17, 15) is 9.59 Å². The van der Waals surface area contributed by atoms with Crippen LogP contribution in [-0.4, -0.2) is 15.4 Å². The number of pyridine rings is 1. The minimum atomic E-state index is -0.963. The fourth-order valence-corrected chi connectivity index (χ4v) is 4.72. The number of Topliss-reactive ketones (excluding diaryl/α,β-unsaturated/α-hetero) is 1. The van der Waals surface area contributed by atoms with Gasteiger partial charge in [-0.1, -0.05) is 76.8 Å². The highest BCUT2D eigenvalue weighted by molar-refractivity contribution is 6.83. The Balaban J connectivity index is 2.14. The van der Waals surface area contributed by atoms with Crippen molar-refractivity contribution in [3.63, 3.8) is 0 Å². The number of ether oxygens (including phenoxy) is 1. The molecule has 0 unspecified atom stereocenters. The molecule has 0 aliphatic heterocycles. The second kappa shape index (κ2) is 11.3. The third kappa shape index (κ3) is 5.24. The Labute approximate surface area is 195 Å². The highest BCUT2D eigenvalue weighted by Gasteiger charge is 2.28. The van der Waals surface area contributed by atoms with Crippen LogP contribution < -0.4 is 4.74 Å². The molecule has 170 valence electrons. The Hall–Kier alpha value is -2.59. The second-order valence-corrected chi connectivity index (χ2v) is 8.61. The Morgan fingerprint density at radius 2 is 1.69 bits per heavy atom. The summed E-state index contributed by atoms with van der Waals surface area (Å²) in [6, 6.07) is 13.7. The van der Waals surface area contributed by atoms with Gasteiger partial charge in [-0.3, -0.25) is 9.59 Å². The van der Waals surface area contributed by atoms with Crippen LogP contribution in [-0.2, 0) is 24.2 Å². The van der Waals surface area contributed by atoms with Crippen molar-refractivity contribution in [3.05, 3.63) is 71.0 Å². The number of nitrogens with zero attached hydrogens (tertiary/aromatic N) is 1. The number of hydrogen-bond donors (Lipinski definition) is 0. The van der Waals surface area contributed by atoms with Crippen molar-refractivity contribution >= 4 is 28.1 Å². The molecule has 3 aromatic rings. The van der Waals surface area contributed by atoms with Crippen LogP contribution in [0.1, 0.15) is 73.6 Å². The minimum absolute atomic E-state index is 0.374. The van der Waals surface area contributed by atoms with Crippen molar-refractivity contribution in [1.82, 2.24) is 4.40 Å². The van der Waals surface area contributed by atoms with Gasteiger partial charge in [0.15, 0.2) is 0 Å². The largest absolute Gasteiger partial charge is 0.487 e. The lowest BCUT2D eigenvalue weighted by Crippen LogP contribution is -2.11. The van der Waals surface area contributed by atoms with E-state index in [1.54, 1.807) is 0 Å². The van der Waals surface area contributed by atoms with E-state index in [2.05, 4.69) is 13.8 Å². The molecule has 0 fully saturated rings. The van der Waals surface area contributed by atoms with Crippen molar-refractivity contribution in [3.8, 4) is 5.75 Å². The number of benzene rings is 1. The molecule has 2 heterocycles. The van der Waals surface area contributed by atoms with E-state index >= 15 is 0 Å². The van der Waals surface area contributed by atoms with Gasteiger partial charge >= 0.3 is 0 Å². The number of carbonyl (C=O) groups is 2. The molecule has 0 saturated carbocycles. The first-order chi connectivity index (χ1) is 15.5. The summed E-state index contributed by atoms with van der Waals surface area (Å²) in [4.78, 5) is 24.9. The zero-order valence-corrected chi connectivity index (χ0v) is 20.0. The van der Waals surface area contributed by atoms with E-state index < -0.39 is 11.0 Å². The van der Waals surface area contributed by atoms with Crippen LogP contribution >= 0.6 is 11.6 Å². The molecule has 0 amide bonds. The molecule has 0 radical (unpaired) electrons. The van der Waals surface area contributed by atoms with Crippen LogP contribution in [0.3, 0.4) is 0 Å². The minimum Gasteiger partial charge on any atom is -0.487 e. The molecule has 2 aromatic heterocycles. The van der Waals surface area contributed by atoms with Gasteiger partial charge in [0.1, 0.15) is 12.4 Å². The van der Waals surface area contributed by atoms with Crippen LogP contribution in [0.4, 0.5) is 0 Å². The van der Waals surface area contributed by atoms with Gasteiger partial charge in [-0.25, -0.2) is 0 Å². The molecule has 0 aliphatic carbocycles. The van der Waals surface area contributed by atoms with Gasteiger partial charge in [-0.15, -0.1) is 0 Å². The molecule has 3 rings (SSSR count). The first-order valence-electron chi connectivity index (χ1n) is 11.6. The smallest absolute Gasteiger partial charge is 0.293 e. The monoisotopic (exact) mass is 453 g/mol. The summed E-state index contributed by atoms with van der Waals surface area (Å²) in [6.07, 6.45) is 7.96. The van der Waals surface area contributed by atoms with E-state index in [-0.39, 0.29) is 0 Å². The first kappa shape index (κ1) is 24.1. The van der Waals surface area contributed by atoms with Gasteiger partial charge in [0.05, 0.1) is 11.1 Å². The summed E-state index contributed by atoms with van der Waals surface area (Å²) in [5.41, 5.74) is 4.04. The lowest BCUT2D eigenvalue weighted by molar-refractivity contribution is -0.108. The average molecular weight is 454 g/mol. The van der Waals surface area contributed by atoms with Crippen LogP contribution in [0.5, 0.6) is 5.75 Å². The summed E-state index contributed by atoms with van der Waals surface area (Å²) in [5, 5.41) is -0.963. The number of fused-ring (bicyclic) bond motifs is 1. The van der Waals surface area contributed by atoms with Crippen molar-refractivity contribution in [2.45, 2.75) is 65.9 Å². The number of ketones is 1. The molecule has 5 heteroatoms. The summed E-state index contributed by atoms with van der Waals surface area (Å²) >= 11 is 5.69. The van der Waals surface area contributed by atoms with E-state index in [1.807, 2.05) is 60.0 Å². The molecular weight excluding hydrogens is 422 g/mol. The van der Waals surface area contributed by atoms with Gasteiger partial charge < -0.3 is 9.14 Å². The lowest BCUT2D eigenvalue weighted by Gasteiger charge is -2.17. The van der Waals surface area contributed by atoms with Crippen LogP contribution in [0.2, 0.25) is 0 Å². The van der Waals surface area contributed by atoms with E-state index in [4.69, 9.17) is 16.3 Å². The lowest BCUT2D eigenvalue weighted by atomic mass is 9.91. The number of carbonyl (C=O) groups excluding carboxylic acids is 2. The summed E-state index contributed by atoms with van der Waals surface area (Å²) in [5.74, 6) is 0.448. The maximum atomic E-state index is 13.0. The predicted octanol–water partition coefficient (Wildman–Crippen LogP) is 6.79. The van der Waals surface area contributed by atoms with Gasteiger partial charge in [-0.2, -0.15) is 0 Å². The average Bonchev–Trinajstić information content (AvgIpc) is 3.11. The zero-order chi connectivity index (χ0) is 23.1. The Kier molecular flexibility index (Phi) is 8.52. The van der Waals surface area contributed by atoms with Crippen LogP contribution in [0.15, 0.2) is 48.7 Å². The van der Waals surface area contributed by atoms with Crippen LogP contribution in [0, 0.1) is 5.92 Å². The van der Waals surface area contributed by atoms with Crippen LogP contribution in [0.25, 0.3) is 5.52 Å². The Morgan fingerprint density at radius 1 is 1.00 bits per heavy atom. The molecule has 4 nitrogen and oxygen atoms in total.